The Morgan fingerprint density at radius 3 is 2.93 bits per heavy atom. The average Bonchev–Trinajstić information content (AvgIpc) is 2.15. The first kappa shape index (κ1) is 12.0. The summed E-state index contributed by atoms with van der Waals surface area (Å²) in [7, 11) is 2.22. The van der Waals surface area contributed by atoms with E-state index in [0.29, 0.717) is 6.61 Å². The SMILES string of the molecule is CC(N)COCCC1CCCCN1C. The molecule has 0 radical (unpaired) electrons. The Hall–Kier alpha value is -0.120. The molecule has 1 fully saturated rings. The van der Waals surface area contributed by atoms with Crippen molar-refractivity contribution in [3.63, 3.8) is 0 Å². The second-order valence-corrected chi connectivity index (χ2v) is 4.47. The van der Waals surface area contributed by atoms with E-state index in [2.05, 4.69) is 11.9 Å². The van der Waals surface area contributed by atoms with Crippen LogP contribution in [0.15, 0.2) is 0 Å². The topological polar surface area (TPSA) is 38.5 Å². The van der Waals surface area contributed by atoms with Gasteiger partial charge in [-0.15, -0.1) is 0 Å². The molecule has 1 heterocycles. The molecule has 2 atom stereocenters. The standard InChI is InChI=1S/C11H24N2O/c1-10(12)9-14-8-6-11-5-3-4-7-13(11)2/h10-11H,3-9,12H2,1-2H3. The molecule has 0 bridgehead atoms. The van der Waals surface area contributed by atoms with Gasteiger partial charge in [-0.1, -0.05) is 6.42 Å². The summed E-state index contributed by atoms with van der Waals surface area (Å²) in [6.45, 7) is 4.78. The minimum absolute atomic E-state index is 0.166. The molecule has 0 saturated carbocycles. The molecule has 1 aliphatic rings. The van der Waals surface area contributed by atoms with E-state index in [4.69, 9.17) is 10.5 Å². The number of nitrogens with two attached hydrogens (primary N) is 1. The fraction of sp³-hybridized carbons (Fsp3) is 1.00. The highest BCUT2D eigenvalue weighted by Crippen LogP contribution is 2.17. The van der Waals surface area contributed by atoms with E-state index in [-0.39, 0.29) is 6.04 Å². The van der Waals surface area contributed by atoms with E-state index in [1.165, 1.54) is 25.8 Å². The fourth-order valence-electron chi connectivity index (χ4n) is 2.00. The quantitative estimate of drug-likeness (QED) is 0.678. The maximum atomic E-state index is 5.60. The van der Waals surface area contributed by atoms with E-state index in [0.717, 1.165) is 19.1 Å². The first-order chi connectivity index (χ1) is 6.70. The zero-order valence-electron chi connectivity index (χ0n) is 9.54. The lowest BCUT2D eigenvalue weighted by Crippen LogP contribution is -2.37. The molecule has 2 unspecified atom stereocenters. The van der Waals surface area contributed by atoms with Crippen LogP contribution in [-0.2, 0) is 4.74 Å². The summed E-state index contributed by atoms with van der Waals surface area (Å²) in [6, 6.07) is 0.899. The van der Waals surface area contributed by atoms with Gasteiger partial charge in [-0.25, -0.2) is 0 Å². The average molecular weight is 200 g/mol. The van der Waals surface area contributed by atoms with Crippen molar-refractivity contribution in [2.45, 2.75) is 44.7 Å². The van der Waals surface area contributed by atoms with E-state index >= 15 is 0 Å². The zero-order chi connectivity index (χ0) is 10.4. The van der Waals surface area contributed by atoms with E-state index in [1.807, 2.05) is 6.92 Å². The van der Waals surface area contributed by atoms with Gasteiger partial charge in [-0.3, -0.25) is 0 Å². The van der Waals surface area contributed by atoms with Gasteiger partial charge in [0.1, 0.15) is 0 Å². The normalized spacial score (nSPS) is 26.4. The molecule has 0 aromatic rings. The first-order valence-corrected chi connectivity index (χ1v) is 5.73. The number of piperidine rings is 1. The third kappa shape index (κ3) is 4.40. The van der Waals surface area contributed by atoms with Gasteiger partial charge in [0.05, 0.1) is 6.61 Å². The Morgan fingerprint density at radius 2 is 2.29 bits per heavy atom. The largest absolute Gasteiger partial charge is 0.380 e. The molecule has 3 heteroatoms. The molecule has 0 aliphatic carbocycles. The smallest absolute Gasteiger partial charge is 0.0614 e. The Bertz CT molecular complexity index is 150. The molecule has 1 saturated heterocycles. The van der Waals surface area contributed by atoms with Gasteiger partial charge in [0.15, 0.2) is 0 Å². The summed E-state index contributed by atoms with van der Waals surface area (Å²) in [5.41, 5.74) is 5.60. The van der Waals surface area contributed by atoms with Gasteiger partial charge in [0.2, 0.25) is 0 Å². The summed E-state index contributed by atoms with van der Waals surface area (Å²) in [6.07, 6.45) is 5.22. The highest BCUT2D eigenvalue weighted by molar-refractivity contribution is 4.73. The molecule has 1 rings (SSSR count). The molecule has 84 valence electrons. The van der Waals surface area contributed by atoms with Crippen molar-refractivity contribution >= 4 is 0 Å². The van der Waals surface area contributed by atoms with Gasteiger partial charge < -0.3 is 15.4 Å². The molecule has 0 amide bonds. The van der Waals surface area contributed by atoms with Gasteiger partial charge >= 0.3 is 0 Å². The molecular weight excluding hydrogens is 176 g/mol. The summed E-state index contributed by atoms with van der Waals surface area (Å²) >= 11 is 0. The first-order valence-electron chi connectivity index (χ1n) is 5.73. The van der Waals surface area contributed by atoms with Gasteiger partial charge in [-0.05, 0) is 39.8 Å². The highest BCUT2D eigenvalue weighted by Gasteiger charge is 2.17. The number of nitrogens with zero attached hydrogens (tertiary/aromatic N) is 1. The minimum Gasteiger partial charge on any atom is -0.380 e. The summed E-state index contributed by atoms with van der Waals surface area (Å²) < 4.78 is 5.49. The van der Waals surface area contributed by atoms with Crippen LogP contribution in [0.4, 0.5) is 0 Å². The van der Waals surface area contributed by atoms with Crippen LogP contribution < -0.4 is 5.73 Å². The number of likely N-dealkylation sites (tertiary alicyclic amines) is 1. The fourth-order valence-corrected chi connectivity index (χ4v) is 2.00. The van der Waals surface area contributed by atoms with E-state index in [1.54, 1.807) is 0 Å². The van der Waals surface area contributed by atoms with Crippen LogP contribution in [-0.4, -0.2) is 43.8 Å². The van der Waals surface area contributed by atoms with Crippen molar-refractivity contribution in [2.75, 3.05) is 26.8 Å². The van der Waals surface area contributed by atoms with Crippen LogP contribution in [0.3, 0.4) is 0 Å². The van der Waals surface area contributed by atoms with Gasteiger partial charge in [0, 0.05) is 18.7 Å². The number of rotatable bonds is 5. The number of ether oxygens (including phenoxy) is 1. The molecule has 1 aliphatic heterocycles. The second-order valence-electron chi connectivity index (χ2n) is 4.47. The van der Waals surface area contributed by atoms with Crippen molar-refractivity contribution in [1.82, 2.24) is 4.90 Å². The Kier molecular flexibility index (Phi) is 5.45. The maximum Gasteiger partial charge on any atom is 0.0614 e. The van der Waals surface area contributed by atoms with Crippen LogP contribution in [0.25, 0.3) is 0 Å². The predicted octanol–water partition coefficient (Wildman–Crippen LogP) is 1.22. The third-order valence-corrected chi connectivity index (χ3v) is 2.90. The lowest BCUT2D eigenvalue weighted by molar-refractivity contribution is 0.0865. The number of hydrogen-bond acceptors (Lipinski definition) is 3. The molecule has 0 aromatic heterocycles. The monoisotopic (exact) mass is 200 g/mol. The third-order valence-electron chi connectivity index (χ3n) is 2.90. The number of hydrogen-bond donors (Lipinski definition) is 1. The zero-order valence-corrected chi connectivity index (χ0v) is 9.54. The van der Waals surface area contributed by atoms with Crippen LogP contribution in [0.5, 0.6) is 0 Å². The van der Waals surface area contributed by atoms with Crippen molar-refractivity contribution < 1.29 is 4.74 Å². The summed E-state index contributed by atoms with van der Waals surface area (Å²) in [5.74, 6) is 0. The minimum atomic E-state index is 0.166. The Balaban J connectivity index is 2.04. The highest BCUT2D eigenvalue weighted by atomic mass is 16.5. The van der Waals surface area contributed by atoms with Crippen LogP contribution in [0.1, 0.15) is 32.6 Å². The lowest BCUT2D eigenvalue weighted by Gasteiger charge is -2.32. The predicted molar refractivity (Wildman–Crippen MR) is 59.4 cm³/mol. The molecule has 0 aromatic carbocycles. The van der Waals surface area contributed by atoms with Gasteiger partial charge in [0.25, 0.3) is 0 Å². The molecule has 0 spiro atoms. The molecule has 2 N–H and O–H groups in total. The van der Waals surface area contributed by atoms with Gasteiger partial charge in [-0.2, -0.15) is 0 Å². The second kappa shape index (κ2) is 6.38. The van der Waals surface area contributed by atoms with Crippen LogP contribution in [0.2, 0.25) is 0 Å². The lowest BCUT2D eigenvalue weighted by atomic mass is 10.0. The molecule has 3 nitrogen and oxygen atoms in total. The molecule has 14 heavy (non-hydrogen) atoms. The summed E-state index contributed by atoms with van der Waals surface area (Å²) in [4.78, 5) is 2.46. The van der Waals surface area contributed by atoms with Crippen molar-refractivity contribution in [3.05, 3.63) is 0 Å². The van der Waals surface area contributed by atoms with Crippen LogP contribution in [0, 0.1) is 0 Å². The van der Waals surface area contributed by atoms with Crippen molar-refractivity contribution in [3.8, 4) is 0 Å². The van der Waals surface area contributed by atoms with Crippen molar-refractivity contribution in [2.24, 2.45) is 5.73 Å². The van der Waals surface area contributed by atoms with Crippen molar-refractivity contribution in [1.29, 1.82) is 0 Å². The van der Waals surface area contributed by atoms with E-state index < -0.39 is 0 Å². The maximum absolute atomic E-state index is 5.60. The van der Waals surface area contributed by atoms with Crippen LogP contribution >= 0.6 is 0 Å². The molecular formula is C11H24N2O. The Morgan fingerprint density at radius 1 is 1.50 bits per heavy atom. The Labute approximate surface area is 87.6 Å². The summed E-state index contributed by atoms with van der Waals surface area (Å²) in [5, 5.41) is 0. The van der Waals surface area contributed by atoms with E-state index in [9.17, 15) is 0 Å².